The Labute approximate surface area is 165 Å². The molecule has 0 saturated carbocycles. The van der Waals surface area contributed by atoms with E-state index in [2.05, 4.69) is 47.8 Å². The van der Waals surface area contributed by atoms with Crippen LogP contribution in [0.5, 0.6) is 0 Å². The Bertz CT molecular complexity index is 973. The number of amides is 1. The molecule has 3 heterocycles. The van der Waals surface area contributed by atoms with Crippen LogP contribution in [0.3, 0.4) is 0 Å². The molecule has 1 amide bonds. The van der Waals surface area contributed by atoms with Gasteiger partial charge in [0, 0.05) is 49.5 Å². The fourth-order valence-electron chi connectivity index (χ4n) is 3.89. The van der Waals surface area contributed by atoms with Crippen molar-refractivity contribution in [3.8, 4) is 0 Å². The zero-order valence-electron chi connectivity index (χ0n) is 16.7. The first-order valence-corrected chi connectivity index (χ1v) is 9.83. The van der Waals surface area contributed by atoms with Crippen molar-refractivity contribution < 1.29 is 9.21 Å². The molecule has 1 aliphatic rings. The van der Waals surface area contributed by atoms with Crippen LogP contribution in [0.1, 0.15) is 36.5 Å². The summed E-state index contributed by atoms with van der Waals surface area (Å²) in [6.07, 6.45) is 5.60. The van der Waals surface area contributed by atoms with Crippen LogP contribution in [0.25, 0.3) is 11.0 Å². The molecule has 4 rings (SSSR count). The summed E-state index contributed by atoms with van der Waals surface area (Å²) in [6, 6.07) is 6.08. The maximum Gasteiger partial charge on any atom is 0.227 e. The lowest BCUT2D eigenvalue weighted by molar-refractivity contribution is -0.130. The minimum absolute atomic E-state index is 0.142. The van der Waals surface area contributed by atoms with Crippen LogP contribution in [0, 0.1) is 6.92 Å². The van der Waals surface area contributed by atoms with Crippen molar-refractivity contribution in [2.24, 2.45) is 0 Å². The molecule has 0 N–H and O–H groups in total. The topological polar surface area (TPSA) is 62.5 Å². The molecule has 1 aliphatic heterocycles. The number of benzene rings is 1. The summed E-state index contributed by atoms with van der Waals surface area (Å²) in [4.78, 5) is 25.5. The first-order chi connectivity index (χ1) is 13.5. The van der Waals surface area contributed by atoms with Crippen molar-refractivity contribution >= 4 is 22.8 Å². The second kappa shape index (κ2) is 7.62. The van der Waals surface area contributed by atoms with Gasteiger partial charge in [-0.15, -0.1) is 0 Å². The molecular weight excluding hydrogens is 352 g/mol. The third kappa shape index (κ3) is 3.59. The number of fused-ring (bicyclic) bond motifs is 1. The molecule has 0 spiro atoms. The summed E-state index contributed by atoms with van der Waals surface area (Å²) >= 11 is 0. The Balaban J connectivity index is 1.45. The van der Waals surface area contributed by atoms with E-state index in [9.17, 15) is 4.79 Å². The molecule has 3 aromatic rings. The van der Waals surface area contributed by atoms with Crippen LogP contribution in [0.15, 0.2) is 41.3 Å². The van der Waals surface area contributed by atoms with Gasteiger partial charge in [-0.1, -0.05) is 13.8 Å². The van der Waals surface area contributed by atoms with Crippen molar-refractivity contribution in [1.29, 1.82) is 0 Å². The number of aromatic nitrogens is 2. The average Bonchev–Trinajstić information content (AvgIpc) is 3.09. The van der Waals surface area contributed by atoms with Gasteiger partial charge in [0.05, 0.1) is 12.7 Å². The van der Waals surface area contributed by atoms with E-state index in [1.54, 1.807) is 18.7 Å². The molecule has 2 aromatic heterocycles. The molecule has 28 heavy (non-hydrogen) atoms. The van der Waals surface area contributed by atoms with Crippen LogP contribution in [0.4, 0.5) is 5.95 Å². The number of nitrogens with zero attached hydrogens (tertiary/aromatic N) is 4. The SMILES string of the molecule is Cc1cc2occ(CC(=O)N3CCN(c4ncccn4)CC3)c2cc1C(C)C. The highest BCUT2D eigenvalue weighted by molar-refractivity contribution is 5.88. The van der Waals surface area contributed by atoms with Gasteiger partial charge in [0.25, 0.3) is 0 Å². The van der Waals surface area contributed by atoms with Crippen LogP contribution in [0.2, 0.25) is 0 Å². The minimum Gasteiger partial charge on any atom is -0.464 e. The molecule has 0 unspecified atom stereocenters. The minimum atomic E-state index is 0.142. The number of aryl methyl sites for hydroxylation is 1. The van der Waals surface area contributed by atoms with Crippen molar-refractivity contribution in [2.45, 2.75) is 33.1 Å². The lowest BCUT2D eigenvalue weighted by atomic mass is 9.95. The van der Waals surface area contributed by atoms with Gasteiger partial charge in [-0.05, 0) is 42.2 Å². The fourth-order valence-corrected chi connectivity index (χ4v) is 3.89. The standard InChI is InChI=1S/C22H26N4O2/c1-15(2)18-13-19-17(14-28-20(19)11-16(18)3)12-21(27)25-7-9-26(10-8-25)22-23-5-4-6-24-22/h4-6,11,13-15H,7-10,12H2,1-3H3. The Hall–Kier alpha value is -2.89. The predicted octanol–water partition coefficient (Wildman–Crippen LogP) is 3.55. The first kappa shape index (κ1) is 18.5. The van der Waals surface area contributed by atoms with Crippen LogP contribution in [-0.2, 0) is 11.2 Å². The highest BCUT2D eigenvalue weighted by Gasteiger charge is 2.23. The van der Waals surface area contributed by atoms with Crippen molar-refractivity contribution in [3.05, 3.63) is 53.5 Å². The Kier molecular flexibility index (Phi) is 5.03. The number of carbonyl (C=O) groups excluding carboxylic acids is 1. The maximum absolute atomic E-state index is 12.9. The first-order valence-electron chi connectivity index (χ1n) is 9.83. The lowest BCUT2D eigenvalue weighted by Crippen LogP contribution is -2.49. The van der Waals surface area contributed by atoms with Gasteiger partial charge in [-0.3, -0.25) is 4.79 Å². The van der Waals surface area contributed by atoms with Gasteiger partial charge < -0.3 is 14.2 Å². The Morgan fingerprint density at radius 2 is 1.86 bits per heavy atom. The number of anilines is 1. The molecule has 0 radical (unpaired) electrons. The molecule has 1 saturated heterocycles. The molecule has 0 atom stereocenters. The number of hydrogen-bond acceptors (Lipinski definition) is 5. The molecule has 1 fully saturated rings. The van der Waals surface area contributed by atoms with Gasteiger partial charge >= 0.3 is 0 Å². The largest absolute Gasteiger partial charge is 0.464 e. The third-order valence-corrected chi connectivity index (χ3v) is 5.47. The summed E-state index contributed by atoms with van der Waals surface area (Å²) < 4.78 is 5.73. The number of piperazine rings is 1. The van der Waals surface area contributed by atoms with Crippen molar-refractivity contribution in [2.75, 3.05) is 31.1 Å². The Morgan fingerprint density at radius 3 is 2.54 bits per heavy atom. The number of hydrogen-bond donors (Lipinski definition) is 0. The van der Waals surface area contributed by atoms with E-state index in [1.165, 1.54) is 11.1 Å². The zero-order chi connectivity index (χ0) is 19.7. The maximum atomic E-state index is 12.9. The van der Waals surface area contributed by atoms with E-state index in [4.69, 9.17) is 4.42 Å². The number of rotatable bonds is 4. The second-order valence-electron chi connectivity index (χ2n) is 7.71. The van der Waals surface area contributed by atoms with Crippen LogP contribution >= 0.6 is 0 Å². The highest BCUT2D eigenvalue weighted by Crippen LogP contribution is 2.29. The lowest BCUT2D eigenvalue weighted by Gasteiger charge is -2.34. The van der Waals surface area contributed by atoms with E-state index in [1.807, 2.05) is 11.0 Å². The molecule has 6 heteroatoms. The van der Waals surface area contributed by atoms with E-state index in [0.29, 0.717) is 25.4 Å². The second-order valence-corrected chi connectivity index (χ2v) is 7.71. The Morgan fingerprint density at radius 1 is 1.14 bits per heavy atom. The summed E-state index contributed by atoms with van der Waals surface area (Å²) in [5, 5.41) is 1.05. The van der Waals surface area contributed by atoms with E-state index in [-0.39, 0.29) is 5.91 Å². The molecular formula is C22H26N4O2. The van der Waals surface area contributed by atoms with Gasteiger partial charge in [-0.2, -0.15) is 0 Å². The van der Waals surface area contributed by atoms with Crippen LogP contribution < -0.4 is 4.90 Å². The van der Waals surface area contributed by atoms with Gasteiger partial charge in [0.1, 0.15) is 5.58 Å². The van der Waals surface area contributed by atoms with E-state index >= 15 is 0 Å². The van der Waals surface area contributed by atoms with E-state index < -0.39 is 0 Å². The molecule has 1 aromatic carbocycles. The summed E-state index contributed by atoms with van der Waals surface area (Å²) in [5.74, 6) is 1.31. The van der Waals surface area contributed by atoms with Gasteiger partial charge in [0.15, 0.2) is 0 Å². The van der Waals surface area contributed by atoms with Gasteiger partial charge in [-0.25, -0.2) is 9.97 Å². The number of carbonyl (C=O) groups is 1. The third-order valence-electron chi connectivity index (χ3n) is 5.47. The molecule has 0 bridgehead atoms. The smallest absolute Gasteiger partial charge is 0.227 e. The monoisotopic (exact) mass is 378 g/mol. The fraction of sp³-hybridized carbons (Fsp3) is 0.409. The van der Waals surface area contributed by atoms with E-state index in [0.717, 1.165) is 35.6 Å². The quantitative estimate of drug-likeness (QED) is 0.695. The molecule has 146 valence electrons. The summed E-state index contributed by atoms with van der Waals surface area (Å²) in [6.45, 7) is 9.35. The predicted molar refractivity (Wildman–Crippen MR) is 110 cm³/mol. The number of furan rings is 1. The highest BCUT2D eigenvalue weighted by atomic mass is 16.3. The van der Waals surface area contributed by atoms with Gasteiger partial charge in [0.2, 0.25) is 11.9 Å². The van der Waals surface area contributed by atoms with Crippen molar-refractivity contribution in [1.82, 2.24) is 14.9 Å². The van der Waals surface area contributed by atoms with Crippen LogP contribution in [-0.4, -0.2) is 47.0 Å². The zero-order valence-corrected chi connectivity index (χ0v) is 16.7. The normalized spacial score (nSPS) is 14.9. The van der Waals surface area contributed by atoms with Crippen molar-refractivity contribution in [3.63, 3.8) is 0 Å². The molecule has 6 nitrogen and oxygen atoms in total. The average molecular weight is 378 g/mol. The summed E-state index contributed by atoms with van der Waals surface area (Å²) in [7, 11) is 0. The summed E-state index contributed by atoms with van der Waals surface area (Å²) in [5.41, 5.74) is 4.36. The molecule has 0 aliphatic carbocycles.